The lowest BCUT2D eigenvalue weighted by Gasteiger charge is -2.08. The van der Waals surface area contributed by atoms with E-state index in [0.29, 0.717) is 16.9 Å². The van der Waals surface area contributed by atoms with Gasteiger partial charge in [0.2, 0.25) is 0 Å². The highest BCUT2D eigenvalue weighted by Gasteiger charge is 2.09. The second-order valence-electron chi connectivity index (χ2n) is 6.16. The summed E-state index contributed by atoms with van der Waals surface area (Å²) in [5.41, 5.74) is 2.93. The number of nitrogens with zero attached hydrogens (tertiary/aromatic N) is 1. The molecule has 0 saturated heterocycles. The molecule has 6 heteroatoms. The van der Waals surface area contributed by atoms with Gasteiger partial charge in [0, 0.05) is 23.0 Å². The van der Waals surface area contributed by atoms with E-state index in [4.69, 9.17) is 5.11 Å². The molecular weight excluding hydrogens is 356 g/mol. The van der Waals surface area contributed by atoms with Gasteiger partial charge in [0.15, 0.2) is 0 Å². The Balaban J connectivity index is 1.79. The molecule has 0 aliphatic rings. The van der Waals surface area contributed by atoms with Crippen LogP contribution >= 0.6 is 0 Å². The largest absolute Gasteiger partial charge is 0.507 e. The smallest absolute Gasteiger partial charge is 0.335 e. The molecule has 28 heavy (non-hydrogen) atoms. The first-order valence-electron chi connectivity index (χ1n) is 8.51. The summed E-state index contributed by atoms with van der Waals surface area (Å²) in [5, 5.41) is 21.8. The minimum atomic E-state index is -1.09. The summed E-state index contributed by atoms with van der Waals surface area (Å²) in [6, 6.07) is 18.2. The normalized spacial score (nSPS) is 10.8. The Morgan fingerprint density at radius 1 is 1.00 bits per heavy atom. The fraction of sp³-hybridized carbons (Fsp3) is 0.0455. The summed E-state index contributed by atoms with van der Waals surface area (Å²) in [5.74, 6) is -1.38. The number of rotatable bonds is 5. The zero-order chi connectivity index (χ0) is 20.1. The molecule has 0 fully saturated rings. The summed E-state index contributed by atoms with van der Waals surface area (Å²) in [7, 11) is 0. The summed E-state index contributed by atoms with van der Waals surface area (Å²) in [4.78, 5) is 27.8. The number of aliphatic imine (C=N–C) groups is 1. The van der Waals surface area contributed by atoms with E-state index in [1.807, 2.05) is 19.1 Å². The quantitative estimate of drug-likeness (QED) is 0.576. The van der Waals surface area contributed by atoms with E-state index in [-0.39, 0.29) is 22.8 Å². The molecule has 0 aromatic heterocycles. The fourth-order valence-corrected chi connectivity index (χ4v) is 2.63. The topological polar surface area (TPSA) is 99.0 Å². The van der Waals surface area contributed by atoms with Crippen molar-refractivity contribution < 1.29 is 19.8 Å². The Hall–Kier alpha value is -3.93. The number of nitrogens with one attached hydrogen (secondary N) is 1. The number of aromatic carboxylic acids is 1. The van der Waals surface area contributed by atoms with E-state index in [2.05, 4.69) is 10.3 Å². The number of amides is 1. The lowest BCUT2D eigenvalue weighted by molar-refractivity contribution is 0.0696. The third kappa shape index (κ3) is 4.42. The highest BCUT2D eigenvalue weighted by atomic mass is 16.4. The fourth-order valence-electron chi connectivity index (χ4n) is 2.63. The van der Waals surface area contributed by atoms with E-state index in [1.54, 1.807) is 36.4 Å². The maximum atomic E-state index is 12.4. The predicted octanol–water partition coefficient (Wildman–Crippen LogP) is 4.40. The molecule has 3 rings (SSSR count). The minimum absolute atomic E-state index is 0.0542. The molecule has 0 saturated carbocycles. The number of hydrogen-bond donors (Lipinski definition) is 3. The Bertz CT molecular complexity index is 1070. The van der Waals surface area contributed by atoms with Crippen molar-refractivity contribution in [2.75, 3.05) is 5.32 Å². The molecule has 3 aromatic rings. The molecule has 0 radical (unpaired) electrons. The number of aromatic hydroxyl groups is 1. The monoisotopic (exact) mass is 374 g/mol. The van der Waals surface area contributed by atoms with Crippen LogP contribution in [0.4, 0.5) is 11.4 Å². The van der Waals surface area contributed by atoms with Gasteiger partial charge in [-0.3, -0.25) is 9.79 Å². The van der Waals surface area contributed by atoms with Crippen molar-refractivity contribution in [2.24, 2.45) is 4.99 Å². The average molecular weight is 374 g/mol. The number of carboxylic acids is 1. The summed E-state index contributed by atoms with van der Waals surface area (Å²) < 4.78 is 0. The number of anilines is 1. The number of carboxylic acid groups (broad SMARTS) is 1. The summed E-state index contributed by atoms with van der Waals surface area (Å²) >= 11 is 0. The number of hydrogen-bond acceptors (Lipinski definition) is 4. The first kappa shape index (κ1) is 18.8. The van der Waals surface area contributed by atoms with Crippen LogP contribution in [-0.2, 0) is 0 Å². The van der Waals surface area contributed by atoms with Gasteiger partial charge in [0.1, 0.15) is 5.75 Å². The molecule has 0 aliphatic carbocycles. The van der Waals surface area contributed by atoms with Gasteiger partial charge >= 0.3 is 5.97 Å². The Kier molecular flexibility index (Phi) is 5.50. The number of phenols is 1. The van der Waals surface area contributed by atoms with Crippen LogP contribution in [0.5, 0.6) is 5.75 Å². The molecular formula is C22H18N2O4. The van der Waals surface area contributed by atoms with Crippen molar-refractivity contribution in [3.8, 4) is 5.75 Å². The average Bonchev–Trinajstić information content (AvgIpc) is 2.67. The first-order chi connectivity index (χ1) is 13.4. The second-order valence-corrected chi connectivity index (χ2v) is 6.16. The van der Waals surface area contributed by atoms with Gasteiger partial charge in [-0.15, -0.1) is 0 Å². The molecule has 0 heterocycles. The maximum Gasteiger partial charge on any atom is 0.335 e. The van der Waals surface area contributed by atoms with Gasteiger partial charge in [0.25, 0.3) is 5.91 Å². The molecule has 3 aromatic carbocycles. The van der Waals surface area contributed by atoms with E-state index in [1.165, 1.54) is 24.4 Å². The molecule has 1 amide bonds. The molecule has 0 bridgehead atoms. The van der Waals surface area contributed by atoms with Crippen LogP contribution in [0, 0.1) is 6.92 Å². The van der Waals surface area contributed by atoms with Gasteiger partial charge in [-0.25, -0.2) is 4.79 Å². The van der Waals surface area contributed by atoms with Crippen LogP contribution in [-0.4, -0.2) is 28.3 Å². The molecule has 0 spiro atoms. The Morgan fingerprint density at radius 3 is 2.54 bits per heavy atom. The Morgan fingerprint density at radius 2 is 1.79 bits per heavy atom. The van der Waals surface area contributed by atoms with Gasteiger partial charge in [-0.05, 0) is 55.0 Å². The van der Waals surface area contributed by atoms with Crippen molar-refractivity contribution in [3.63, 3.8) is 0 Å². The molecule has 3 N–H and O–H groups in total. The molecule has 0 unspecified atom stereocenters. The number of phenolic OH excluding ortho intramolecular Hbond substituents is 1. The summed E-state index contributed by atoms with van der Waals surface area (Å²) in [6.45, 7) is 1.87. The van der Waals surface area contributed by atoms with Crippen LogP contribution < -0.4 is 5.32 Å². The lowest BCUT2D eigenvalue weighted by atomic mass is 10.1. The zero-order valence-electron chi connectivity index (χ0n) is 15.1. The lowest BCUT2D eigenvalue weighted by Crippen LogP contribution is -2.13. The van der Waals surface area contributed by atoms with Crippen molar-refractivity contribution >= 4 is 29.5 Å². The third-order valence-corrected chi connectivity index (χ3v) is 4.12. The molecule has 0 atom stereocenters. The first-order valence-corrected chi connectivity index (χ1v) is 8.51. The Labute approximate surface area is 161 Å². The third-order valence-electron chi connectivity index (χ3n) is 4.12. The zero-order valence-corrected chi connectivity index (χ0v) is 15.1. The van der Waals surface area contributed by atoms with Crippen molar-refractivity contribution in [1.82, 2.24) is 0 Å². The number of aryl methyl sites for hydroxylation is 1. The van der Waals surface area contributed by atoms with Crippen LogP contribution in [0.1, 0.15) is 31.8 Å². The van der Waals surface area contributed by atoms with Gasteiger partial charge in [0.05, 0.1) is 11.3 Å². The van der Waals surface area contributed by atoms with Gasteiger partial charge in [-0.2, -0.15) is 0 Å². The maximum absolute atomic E-state index is 12.4. The van der Waals surface area contributed by atoms with Crippen LogP contribution in [0.3, 0.4) is 0 Å². The van der Waals surface area contributed by atoms with E-state index < -0.39 is 5.97 Å². The molecule has 6 nitrogen and oxygen atoms in total. The second kappa shape index (κ2) is 8.18. The molecule has 140 valence electrons. The van der Waals surface area contributed by atoms with Crippen LogP contribution in [0.15, 0.2) is 71.7 Å². The SMILES string of the molecule is Cc1ccccc1C(=O)Nc1cccc(N=Cc2cc(C(=O)O)ccc2O)c1. The van der Waals surface area contributed by atoms with Gasteiger partial charge in [-0.1, -0.05) is 24.3 Å². The minimum Gasteiger partial charge on any atom is -0.507 e. The number of benzene rings is 3. The number of carbonyl (C=O) groups excluding carboxylic acids is 1. The van der Waals surface area contributed by atoms with E-state index >= 15 is 0 Å². The highest BCUT2D eigenvalue weighted by molar-refractivity contribution is 6.05. The molecule has 0 aliphatic heterocycles. The van der Waals surface area contributed by atoms with E-state index in [0.717, 1.165) is 5.56 Å². The van der Waals surface area contributed by atoms with Crippen molar-refractivity contribution in [2.45, 2.75) is 6.92 Å². The van der Waals surface area contributed by atoms with Crippen molar-refractivity contribution in [1.29, 1.82) is 0 Å². The standard InChI is InChI=1S/C22H18N2O4/c1-14-5-2-3-8-19(14)21(26)24-18-7-4-6-17(12-18)23-13-16-11-15(22(27)28)9-10-20(16)25/h2-13,25H,1H3,(H,24,26)(H,27,28). The van der Waals surface area contributed by atoms with Crippen LogP contribution in [0.25, 0.3) is 0 Å². The van der Waals surface area contributed by atoms with Crippen molar-refractivity contribution in [3.05, 3.63) is 89.0 Å². The highest BCUT2D eigenvalue weighted by Crippen LogP contribution is 2.21. The summed E-state index contributed by atoms with van der Waals surface area (Å²) in [6.07, 6.45) is 1.38. The van der Waals surface area contributed by atoms with Gasteiger partial charge < -0.3 is 15.5 Å². The van der Waals surface area contributed by atoms with Crippen LogP contribution in [0.2, 0.25) is 0 Å². The van der Waals surface area contributed by atoms with E-state index in [9.17, 15) is 14.7 Å². The number of carbonyl (C=O) groups is 2. The predicted molar refractivity (Wildman–Crippen MR) is 108 cm³/mol.